The number of allylic oxidation sites excluding steroid dienone is 1. The highest BCUT2D eigenvalue weighted by Crippen LogP contribution is 2.25. The Kier molecular flexibility index (Phi) is 13.2. The van der Waals surface area contributed by atoms with E-state index in [4.69, 9.17) is 4.52 Å². The molecule has 1 aliphatic carbocycles. The van der Waals surface area contributed by atoms with Crippen molar-refractivity contribution in [3.05, 3.63) is 59.0 Å². The average molecular weight is 500 g/mol. The first-order valence-electron chi connectivity index (χ1n) is 12.0. The van der Waals surface area contributed by atoms with E-state index in [0.717, 1.165) is 18.4 Å². The number of benzene rings is 1. The normalized spacial score (nSPS) is 12.2. The third-order valence-electron chi connectivity index (χ3n) is 4.81. The molecule has 3 rings (SSSR count). The number of carbonyl (C=O) groups is 4. The molecule has 0 bridgehead atoms. The van der Waals surface area contributed by atoms with E-state index >= 15 is 0 Å². The summed E-state index contributed by atoms with van der Waals surface area (Å²) in [5.74, 6) is -0.841. The fraction of sp³-hybridized carbons (Fsp3) is 0.423. The minimum atomic E-state index is -0.492. The van der Waals surface area contributed by atoms with Crippen molar-refractivity contribution in [3.8, 4) is 0 Å². The maximum absolute atomic E-state index is 12.3. The molecule has 1 atom stereocenters. The summed E-state index contributed by atoms with van der Waals surface area (Å²) in [7, 11) is 0. The van der Waals surface area contributed by atoms with Gasteiger partial charge in [-0.2, -0.15) is 0 Å². The predicted molar refractivity (Wildman–Crippen MR) is 138 cm³/mol. The van der Waals surface area contributed by atoms with Crippen LogP contribution in [0.15, 0.2) is 40.9 Å². The minimum Gasteiger partial charge on any atom is -0.370 e. The third-order valence-corrected chi connectivity index (χ3v) is 4.81. The van der Waals surface area contributed by atoms with Crippen LogP contribution in [0.5, 0.6) is 0 Å². The molecule has 0 radical (unpaired) electrons. The van der Waals surface area contributed by atoms with Crippen molar-refractivity contribution in [1.29, 1.82) is 0 Å². The molecule has 0 spiro atoms. The molecule has 0 fully saturated rings. The van der Waals surface area contributed by atoms with Crippen molar-refractivity contribution in [3.63, 3.8) is 0 Å². The number of rotatable bonds is 8. The topological polar surface area (TPSA) is 156 Å². The number of carbonyl (C=O) groups excluding carboxylic acids is 4. The minimum absolute atomic E-state index is 0.117. The second-order valence-electron chi connectivity index (χ2n) is 7.99. The number of hydrogen-bond acceptors (Lipinski definition) is 6. The fourth-order valence-corrected chi connectivity index (χ4v) is 3.38. The highest BCUT2D eigenvalue weighted by atomic mass is 16.5. The van der Waals surface area contributed by atoms with Crippen LogP contribution in [-0.2, 0) is 20.8 Å². The van der Waals surface area contributed by atoms with Crippen molar-refractivity contribution < 1.29 is 23.7 Å². The molecule has 1 unspecified atom stereocenters. The van der Waals surface area contributed by atoms with E-state index in [1.54, 1.807) is 13.8 Å². The molecule has 0 saturated carbocycles. The summed E-state index contributed by atoms with van der Waals surface area (Å²) < 4.78 is 4.83. The third kappa shape index (κ3) is 11.0. The quantitative estimate of drug-likeness (QED) is 0.436. The Balaban J connectivity index is 0.000000982. The zero-order valence-electron chi connectivity index (χ0n) is 21.6. The second kappa shape index (κ2) is 15.9. The summed E-state index contributed by atoms with van der Waals surface area (Å²) in [6.45, 7) is 8.98. The highest BCUT2D eigenvalue weighted by Gasteiger charge is 2.16. The fourth-order valence-electron chi connectivity index (χ4n) is 3.38. The van der Waals surface area contributed by atoms with Crippen LogP contribution in [0.25, 0.3) is 5.57 Å². The number of fused-ring (bicyclic) bond motifs is 1. The van der Waals surface area contributed by atoms with Gasteiger partial charge in [-0.05, 0) is 43.4 Å². The molecule has 4 amide bonds. The first kappa shape index (κ1) is 30.1. The monoisotopic (exact) mass is 499 g/mol. The molecule has 10 heteroatoms. The highest BCUT2D eigenvalue weighted by molar-refractivity contribution is 5.94. The van der Waals surface area contributed by atoms with Crippen LogP contribution in [0.1, 0.15) is 67.9 Å². The van der Waals surface area contributed by atoms with E-state index < -0.39 is 5.91 Å². The van der Waals surface area contributed by atoms with Crippen LogP contribution in [0.4, 0.5) is 0 Å². The van der Waals surface area contributed by atoms with E-state index in [1.807, 2.05) is 26.0 Å². The molecule has 0 saturated heterocycles. The molecule has 10 nitrogen and oxygen atoms in total. The summed E-state index contributed by atoms with van der Waals surface area (Å²) in [5, 5.41) is 11.7. The summed E-state index contributed by atoms with van der Waals surface area (Å²) in [4.78, 5) is 45.4. The van der Waals surface area contributed by atoms with Gasteiger partial charge in [-0.3, -0.25) is 19.2 Å². The van der Waals surface area contributed by atoms with Crippen LogP contribution in [0.2, 0.25) is 0 Å². The zero-order chi connectivity index (χ0) is 27.1. The maximum Gasteiger partial charge on any atom is 0.273 e. The lowest BCUT2D eigenvalue weighted by atomic mass is 9.91. The van der Waals surface area contributed by atoms with E-state index in [1.165, 1.54) is 24.1 Å². The van der Waals surface area contributed by atoms with E-state index in [0.29, 0.717) is 12.3 Å². The molecule has 36 heavy (non-hydrogen) atoms. The number of amides is 4. The van der Waals surface area contributed by atoms with Crippen molar-refractivity contribution in [2.24, 2.45) is 5.73 Å². The Morgan fingerprint density at radius 2 is 1.78 bits per heavy atom. The van der Waals surface area contributed by atoms with Gasteiger partial charge in [-0.25, -0.2) is 0 Å². The second-order valence-corrected chi connectivity index (χ2v) is 7.99. The molecule has 5 N–H and O–H groups in total. The van der Waals surface area contributed by atoms with Gasteiger partial charge in [0.2, 0.25) is 17.7 Å². The smallest absolute Gasteiger partial charge is 0.273 e. The lowest BCUT2D eigenvalue weighted by Gasteiger charge is -2.19. The van der Waals surface area contributed by atoms with Crippen LogP contribution >= 0.6 is 0 Å². The summed E-state index contributed by atoms with van der Waals surface area (Å²) in [6, 6.07) is 9.34. The van der Waals surface area contributed by atoms with E-state index in [9.17, 15) is 19.2 Å². The summed E-state index contributed by atoms with van der Waals surface area (Å²) >= 11 is 0. The number of nitrogens with two attached hydrogens (primary N) is 1. The van der Waals surface area contributed by atoms with Crippen molar-refractivity contribution in [2.45, 2.75) is 59.9 Å². The van der Waals surface area contributed by atoms with E-state index in [2.05, 4.69) is 45.0 Å². The first-order valence-corrected chi connectivity index (χ1v) is 12.0. The molecular formula is C26H37N5O5. The van der Waals surface area contributed by atoms with Crippen LogP contribution < -0.4 is 21.7 Å². The standard InChI is InChI=1S/C22H26N4O4.C2H5NO.C2H6/c1-14(25-21(28)13-24-22(29)19-11-15(2)30-26-19)10-20(27)23-12-17-8-5-7-16-6-3-4-9-18(16)17;1-2(3)4;1-2/h3-4,6,8-9,11,14H,5,7,10,12-13H2,1-2H3,(H,23,27)(H,24,29)(H,25,28);1H3,(H2,3,4);1-2H3. The molecule has 2 aromatic rings. The molecule has 1 aromatic heterocycles. The zero-order valence-corrected chi connectivity index (χ0v) is 21.6. The van der Waals surface area contributed by atoms with Gasteiger partial charge < -0.3 is 26.2 Å². The SMILES string of the molecule is CC.CC(N)=O.Cc1cc(C(=O)NCC(=O)NC(C)CC(=O)NCC2=CCCc3ccccc32)no1. The number of aryl methyl sites for hydroxylation is 2. The van der Waals surface area contributed by atoms with Crippen LogP contribution in [0.3, 0.4) is 0 Å². The Morgan fingerprint density at radius 1 is 1.11 bits per heavy atom. The van der Waals surface area contributed by atoms with E-state index in [-0.39, 0.29) is 42.4 Å². The molecular weight excluding hydrogens is 462 g/mol. The number of nitrogens with one attached hydrogen (secondary N) is 3. The first-order chi connectivity index (χ1) is 17.2. The van der Waals surface area contributed by atoms with Gasteiger partial charge in [0.15, 0.2) is 5.69 Å². The average Bonchev–Trinajstić information content (AvgIpc) is 3.28. The molecule has 1 heterocycles. The Morgan fingerprint density at radius 3 is 2.42 bits per heavy atom. The lowest BCUT2D eigenvalue weighted by molar-refractivity contribution is -0.123. The predicted octanol–water partition coefficient (Wildman–Crippen LogP) is 2.27. The van der Waals surface area contributed by atoms with Gasteiger partial charge >= 0.3 is 0 Å². The number of nitrogens with zero attached hydrogens (tertiary/aromatic N) is 1. The number of hydrogen-bond donors (Lipinski definition) is 4. The van der Waals surface area contributed by atoms with Crippen molar-refractivity contribution in [2.75, 3.05) is 13.1 Å². The van der Waals surface area contributed by atoms with Crippen LogP contribution in [0, 0.1) is 6.92 Å². The van der Waals surface area contributed by atoms with Crippen molar-refractivity contribution in [1.82, 2.24) is 21.1 Å². The Labute approximate surface area is 212 Å². The van der Waals surface area contributed by atoms with Crippen LogP contribution in [-0.4, -0.2) is 47.9 Å². The molecule has 0 aliphatic heterocycles. The number of primary amides is 1. The molecule has 1 aromatic carbocycles. The van der Waals surface area contributed by atoms with Gasteiger partial charge in [0.1, 0.15) is 5.76 Å². The molecule has 196 valence electrons. The lowest BCUT2D eigenvalue weighted by Crippen LogP contribution is -2.43. The van der Waals surface area contributed by atoms with Gasteiger partial charge in [0, 0.05) is 32.0 Å². The number of aromatic nitrogens is 1. The van der Waals surface area contributed by atoms with Gasteiger partial charge in [-0.15, -0.1) is 0 Å². The van der Waals surface area contributed by atoms with Crippen molar-refractivity contribution >= 4 is 29.2 Å². The van der Waals surface area contributed by atoms with Gasteiger partial charge in [-0.1, -0.05) is 49.3 Å². The Bertz CT molecular complexity index is 1060. The molecule has 1 aliphatic rings. The Hall–Kier alpha value is -3.95. The maximum atomic E-state index is 12.3. The summed E-state index contributed by atoms with van der Waals surface area (Å²) in [5.41, 5.74) is 8.19. The summed E-state index contributed by atoms with van der Waals surface area (Å²) in [6.07, 6.45) is 4.29. The van der Waals surface area contributed by atoms with Gasteiger partial charge in [0.25, 0.3) is 5.91 Å². The van der Waals surface area contributed by atoms with Gasteiger partial charge in [0.05, 0.1) is 6.54 Å². The largest absolute Gasteiger partial charge is 0.370 e.